The topological polar surface area (TPSA) is 84.2 Å². The first-order valence-corrected chi connectivity index (χ1v) is 10.0. The molecule has 3 heterocycles. The molecule has 152 valence electrons. The second kappa shape index (κ2) is 8.84. The van der Waals surface area contributed by atoms with Gasteiger partial charge in [0.2, 0.25) is 0 Å². The van der Waals surface area contributed by atoms with Gasteiger partial charge in [-0.05, 0) is 31.7 Å². The van der Waals surface area contributed by atoms with Crippen molar-refractivity contribution in [3.05, 3.63) is 72.7 Å². The summed E-state index contributed by atoms with van der Waals surface area (Å²) >= 11 is 0. The maximum absolute atomic E-state index is 12.6. The summed E-state index contributed by atoms with van der Waals surface area (Å²) in [6.45, 7) is 5.50. The van der Waals surface area contributed by atoms with E-state index < -0.39 is 0 Å². The Bertz CT molecular complexity index is 1150. The maximum Gasteiger partial charge on any atom is 0.251 e. The fourth-order valence-corrected chi connectivity index (χ4v) is 3.31. The number of fused-ring (bicyclic) bond motifs is 1. The third-order valence-corrected chi connectivity index (χ3v) is 4.86. The van der Waals surface area contributed by atoms with Gasteiger partial charge >= 0.3 is 0 Å². The first-order chi connectivity index (χ1) is 14.7. The lowest BCUT2D eigenvalue weighted by Crippen LogP contribution is -2.38. The lowest BCUT2D eigenvalue weighted by atomic mass is 10.1. The monoisotopic (exact) mass is 400 g/mol. The van der Waals surface area contributed by atoms with Crippen LogP contribution in [0.25, 0.3) is 28.2 Å². The summed E-state index contributed by atoms with van der Waals surface area (Å²) < 4.78 is 1.72. The smallest absolute Gasteiger partial charge is 0.251 e. The summed E-state index contributed by atoms with van der Waals surface area (Å²) in [5.41, 5.74) is 4.59. The van der Waals surface area contributed by atoms with Gasteiger partial charge in [0.25, 0.3) is 5.91 Å². The SMILES string of the molecule is CCN[C@H](C)CNC(=O)c1ccnc(-c2cnn3ccc(-c4ccccc4)nc23)c1. The minimum absolute atomic E-state index is 0.127. The Labute approximate surface area is 175 Å². The fraction of sp³-hybridized carbons (Fsp3) is 0.217. The molecule has 7 heteroatoms. The summed E-state index contributed by atoms with van der Waals surface area (Å²) in [6, 6.07) is 15.6. The number of rotatable bonds is 7. The molecule has 1 amide bonds. The van der Waals surface area contributed by atoms with Crippen LogP contribution in [0.2, 0.25) is 0 Å². The molecular formula is C23H24N6O. The standard InChI is InChI=1S/C23H24N6O/c1-3-24-16(2)14-26-23(30)18-9-11-25-21(13-18)19-15-27-29-12-10-20(28-22(19)29)17-7-5-4-6-8-17/h4-13,15-16,24H,3,14H2,1-2H3,(H,26,30)/t16-/m1/s1. The van der Waals surface area contributed by atoms with Crippen LogP contribution in [0, 0.1) is 0 Å². The van der Waals surface area contributed by atoms with Gasteiger partial charge in [0.05, 0.1) is 23.1 Å². The van der Waals surface area contributed by atoms with Gasteiger partial charge in [-0.1, -0.05) is 37.3 Å². The van der Waals surface area contributed by atoms with E-state index in [1.807, 2.05) is 56.4 Å². The van der Waals surface area contributed by atoms with Crippen molar-refractivity contribution < 1.29 is 4.79 Å². The van der Waals surface area contributed by atoms with E-state index in [4.69, 9.17) is 4.98 Å². The van der Waals surface area contributed by atoms with Crippen molar-refractivity contribution in [1.82, 2.24) is 30.2 Å². The first-order valence-electron chi connectivity index (χ1n) is 10.0. The highest BCUT2D eigenvalue weighted by molar-refractivity contribution is 5.95. The van der Waals surface area contributed by atoms with Gasteiger partial charge in [-0.3, -0.25) is 9.78 Å². The van der Waals surface area contributed by atoms with Crippen LogP contribution < -0.4 is 10.6 Å². The number of amides is 1. The Morgan fingerprint density at radius 1 is 1.13 bits per heavy atom. The molecule has 0 unspecified atom stereocenters. The van der Waals surface area contributed by atoms with Crippen molar-refractivity contribution in [3.63, 3.8) is 0 Å². The molecule has 3 aromatic heterocycles. The molecule has 0 radical (unpaired) electrons. The molecule has 0 saturated heterocycles. The summed E-state index contributed by atoms with van der Waals surface area (Å²) in [5.74, 6) is -0.127. The normalized spacial score (nSPS) is 12.1. The van der Waals surface area contributed by atoms with E-state index in [0.29, 0.717) is 23.4 Å². The molecule has 4 aromatic rings. The fourth-order valence-electron chi connectivity index (χ4n) is 3.31. The number of benzene rings is 1. The minimum atomic E-state index is -0.127. The Kier molecular flexibility index (Phi) is 5.81. The van der Waals surface area contributed by atoms with Gasteiger partial charge in [0, 0.05) is 36.1 Å². The molecule has 0 spiro atoms. The summed E-state index contributed by atoms with van der Waals surface area (Å²) in [5, 5.41) is 10.6. The zero-order valence-electron chi connectivity index (χ0n) is 17.0. The largest absolute Gasteiger partial charge is 0.350 e. The Morgan fingerprint density at radius 2 is 1.97 bits per heavy atom. The highest BCUT2D eigenvalue weighted by Gasteiger charge is 2.14. The van der Waals surface area contributed by atoms with Crippen LogP contribution in [-0.4, -0.2) is 44.6 Å². The number of nitrogens with zero attached hydrogens (tertiary/aromatic N) is 4. The van der Waals surface area contributed by atoms with Gasteiger partial charge in [-0.25, -0.2) is 9.50 Å². The second-order valence-electron chi connectivity index (χ2n) is 7.10. The van der Waals surface area contributed by atoms with Crippen LogP contribution in [0.1, 0.15) is 24.2 Å². The number of nitrogens with one attached hydrogen (secondary N) is 2. The van der Waals surface area contributed by atoms with Crippen molar-refractivity contribution in [2.24, 2.45) is 0 Å². The predicted octanol–water partition coefficient (Wildman–Crippen LogP) is 3.19. The van der Waals surface area contributed by atoms with E-state index in [0.717, 1.165) is 23.4 Å². The molecule has 1 aromatic carbocycles. The number of carbonyl (C=O) groups is 1. The molecule has 1 atom stereocenters. The van der Waals surface area contributed by atoms with Crippen LogP contribution in [-0.2, 0) is 0 Å². The molecule has 0 saturated carbocycles. The summed E-state index contributed by atoms with van der Waals surface area (Å²) in [7, 11) is 0. The zero-order valence-corrected chi connectivity index (χ0v) is 17.0. The number of likely N-dealkylation sites (N-methyl/N-ethyl adjacent to an activating group) is 1. The van der Waals surface area contributed by atoms with Gasteiger partial charge < -0.3 is 10.6 Å². The lowest BCUT2D eigenvalue weighted by Gasteiger charge is -2.13. The Hall–Kier alpha value is -3.58. The second-order valence-corrected chi connectivity index (χ2v) is 7.10. The van der Waals surface area contributed by atoms with E-state index in [-0.39, 0.29) is 11.9 Å². The lowest BCUT2D eigenvalue weighted by molar-refractivity contribution is 0.0950. The molecular weight excluding hydrogens is 376 g/mol. The molecule has 0 aliphatic heterocycles. The van der Waals surface area contributed by atoms with Crippen LogP contribution in [0.3, 0.4) is 0 Å². The average molecular weight is 400 g/mol. The number of pyridine rings is 1. The summed E-state index contributed by atoms with van der Waals surface area (Å²) in [4.78, 5) is 21.8. The predicted molar refractivity (Wildman–Crippen MR) is 117 cm³/mol. The molecule has 0 bridgehead atoms. The van der Waals surface area contributed by atoms with Crippen molar-refractivity contribution in [1.29, 1.82) is 0 Å². The number of hydrogen-bond acceptors (Lipinski definition) is 5. The highest BCUT2D eigenvalue weighted by atomic mass is 16.1. The van der Waals surface area contributed by atoms with E-state index in [9.17, 15) is 4.79 Å². The minimum Gasteiger partial charge on any atom is -0.350 e. The molecule has 30 heavy (non-hydrogen) atoms. The van der Waals surface area contributed by atoms with Crippen molar-refractivity contribution in [2.75, 3.05) is 13.1 Å². The van der Waals surface area contributed by atoms with Crippen molar-refractivity contribution >= 4 is 11.6 Å². The quantitative estimate of drug-likeness (QED) is 0.498. The summed E-state index contributed by atoms with van der Waals surface area (Å²) in [6.07, 6.45) is 5.25. The Morgan fingerprint density at radius 3 is 2.77 bits per heavy atom. The Balaban J connectivity index is 1.63. The van der Waals surface area contributed by atoms with E-state index >= 15 is 0 Å². The molecule has 7 nitrogen and oxygen atoms in total. The van der Waals surface area contributed by atoms with Crippen LogP contribution in [0.4, 0.5) is 0 Å². The zero-order chi connectivity index (χ0) is 20.9. The van der Waals surface area contributed by atoms with Gasteiger partial charge in [0.1, 0.15) is 0 Å². The number of carbonyl (C=O) groups excluding carboxylic acids is 1. The van der Waals surface area contributed by atoms with Crippen LogP contribution >= 0.6 is 0 Å². The van der Waals surface area contributed by atoms with Gasteiger partial charge in [-0.15, -0.1) is 0 Å². The molecule has 0 aliphatic carbocycles. The van der Waals surface area contributed by atoms with Gasteiger partial charge in [-0.2, -0.15) is 5.10 Å². The molecule has 0 fully saturated rings. The van der Waals surface area contributed by atoms with Gasteiger partial charge in [0.15, 0.2) is 5.65 Å². The van der Waals surface area contributed by atoms with E-state index in [1.54, 1.807) is 29.0 Å². The molecule has 2 N–H and O–H groups in total. The van der Waals surface area contributed by atoms with Crippen LogP contribution in [0.15, 0.2) is 67.1 Å². The van der Waals surface area contributed by atoms with E-state index in [2.05, 4.69) is 20.7 Å². The van der Waals surface area contributed by atoms with Crippen molar-refractivity contribution in [2.45, 2.75) is 19.9 Å². The molecule has 4 rings (SSSR count). The van der Waals surface area contributed by atoms with Crippen molar-refractivity contribution in [3.8, 4) is 22.5 Å². The third-order valence-electron chi connectivity index (χ3n) is 4.86. The van der Waals surface area contributed by atoms with E-state index in [1.165, 1.54) is 0 Å². The highest BCUT2D eigenvalue weighted by Crippen LogP contribution is 2.24. The third kappa shape index (κ3) is 4.21. The average Bonchev–Trinajstić information content (AvgIpc) is 3.21. The molecule has 0 aliphatic rings. The van der Waals surface area contributed by atoms with Crippen LogP contribution in [0.5, 0.6) is 0 Å². The number of aromatic nitrogens is 4. The number of hydrogen-bond donors (Lipinski definition) is 2. The maximum atomic E-state index is 12.6. The first kappa shape index (κ1) is 19.7.